The monoisotopic (exact) mass is 348 g/mol. The van der Waals surface area contributed by atoms with Crippen molar-refractivity contribution in [1.29, 1.82) is 0 Å². The highest BCUT2D eigenvalue weighted by Gasteiger charge is 2.28. The van der Waals surface area contributed by atoms with Crippen molar-refractivity contribution in [2.45, 2.75) is 12.7 Å². The van der Waals surface area contributed by atoms with E-state index in [4.69, 9.17) is 0 Å². The average Bonchev–Trinajstić information content (AvgIpc) is 3.08. The summed E-state index contributed by atoms with van der Waals surface area (Å²) in [6, 6.07) is 12.8. The van der Waals surface area contributed by atoms with E-state index in [9.17, 15) is 13.2 Å². The van der Waals surface area contributed by atoms with E-state index in [1.165, 1.54) is 12.3 Å². The SMILES string of the molecule is FC(F)(F)COc1ccc(NCc2cn[nH]c2-c2ccccc2)cn1. The lowest BCUT2D eigenvalue weighted by Crippen LogP contribution is -2.19. The van der Waals surface area contributed by atoms with Crippen molar-refractivity contribution in [2.24, 2.45) is 0 Å². The molecule has 0 amide bonds. The maximum atomic E-state index is 12.1. The number of halogens is 3. The quantitative estimate of drug-likeness (QED) is 0.706. The molecule has 8 heteroatoms. The lowest BCUT2D eigenvalue weighted by atomic mass is 10.1. The Hall–Kier alpha value is -3.03. The molecule has 3 aromatic rings. The zero-order chi connectivity index (χ0) is 17.7. The molecular weight excluding hydrogens is 333 g/mol. The number of hydrogen-bond acceptors (Lipinski definition) is 4. The van der Waals surface area contributed by atoms with Crippen LogP contribution in [-0.4, -0.2) is 28.0 Å². The fourth-order valence-electron chi connectivity index (χ4n) is 2.22. The molecule has 5 nitrogen and oxygen atoms in total. The van der Waals surface area contributed by atoms with Crippen LogP contribution in [-0.2, 0) is 6.54 Å². The van der Waals surface area contributed by atoms with Gasteiger partial charge in [0.25, 0.3) is 0 Å². The van der Waals surface area contributed by atoms with E-state index in [2.05, 4.69) is 25.2 Å². The summed E-state index contributed by atoms with van der Waals surface area (Å²) in [6.45, 7) is -0.868. The van der Waals surface area contributed by atoms with Gasteiger partial charge in [-0.25, -0.2) is 4.98 Å². The Bertz CT molecular complexity index is 801. The van der Waals surface area contributed by atoms with Crippen LogP contribution in [0, 0.1) is 0 Å². The minimum Gasteiger partial charge on any atom is -0.468 e. The minimum atomic E-state index is -4.38. The van der Waals surface area contributed by atoms with Gasteiger partial charge in [-0.2, -0.15) is 18.3 Å². The number of hydrogen-bond donors (Lipinski definition) is 2. The lowest BCUT2D eigenvalue weighted by molar-refractivity contribution is -0.154. The van der Waals surface area contributed by atoms with Gasteiger partial charge in [-0.15, -0.1) is 0 Å². The third-order valence-electron chi connectivity index (χ3n) is 3.38. The van der Waals surface area contributed by atoms with Gasteiger partial charge in [0, 0.05) is 18.2 Å². The van der Waals surface area contributed by atoms with Crippen LogP contribution in [0.15, 0.2) is 54.9 Å². The summed E-state index contributed by atoms with van der Waals surface area (Å²) in [5, 5.41) is 10.2. The molecule has 1 aromatic carbocycles. The molecule has 0 saturated heterocycles. The molecule has 130 valence electrons. The third kappa shape index (κ3) is 4.72. The Morgan fingerprint density at radius 3 is 2.52 bits per heavy atom. The predicted octanol–water partition coefficient (Wildman–Crippen LogP) is 4.02. The van der Waals surface area contributed by atoms with Gasteiger partial charge in [-0.3, -0.25) is 5.10 Å². The lowest BCUT2D eigenvalue weighted by Gasteiger charge is -2.10. The first-order chi connectivity index (χ1) is 12.0. The molecule has 2 N–H and O–H groups in total. The van der Waals surface area contributed by atoms with Crippen molar-refractivity contribution in [2.75, 3.05) is 11.9 Å². The number of aromatic amines is 1. The molecule has 25 heavy (non-hydrogen) atoms. The predicted molar refractivity (Wildman–Crippen MR) is 87.1 cm³/mol. The first-order valence-corrected chi connectivity index (χ1v) is 7.48. The van der Waals surface area contributed by atoms with Gasteiger partial charge in [0.1, 0.15) is 0 Å². The zero-order valence-electron chi connectivity index (χ0n) is 13.0. The second-order valence-electron chi connectivity index (χ2n) is 5.28. The summed E-state index contributed by atoms with van der Waals surface area (Å²) >= 11 is 0. The van der Waals surface area contributed by atoms with Gasteiger partial charge in [0.15, 0.2) is 6.61 Å². The van der Waals surface area contributed by atoms with E-state index in [0.717, 1.165) is 16.8 Å². The van der Waals surface area contributed by atoms with Crippen molar-refractivity contribution in [1.82, 2.24) is 15.2 Å². The Kier molecular flexibility index (Phi) is 4.87. The molecule has 0 aliphatic rings. The van der Waals surface area contributed by atoms with Crippen LogP contribution in [0.1, 0.15) is 5.56 Å². The maximum Gasteiger partial charge on any atom is 0.422 e. The number of pyridine rings is 1. The highest BCUT2D eigenvalue weighted by Crippen LogP contribution is 2.22. The van der Waals surface area contributed by atoms with Gasteiger partial charge in [-0.1, -0.05) is 30.3 Å². The van der Waals surface area contributed by atoms with Gasteiger partial charge in [-0.05, 0) is 11.6 Å². The molecule has 2 heterocycles. The number of anilines is 1. The first-order valence-electron chi connectivity index (χ1n) is 7.48. The molecule has 0 aliphatic carbocycles. The van der Waals surface area contributed by atoms with E-state index in [0.29, 0.717) is 12.2 Å². The Morgan fingerprint density at radius 1 is 1.04 bits per heavy atom. The Balaban J connectivity index is 1.60. The van der Waals surface area contributed by atoms with E-state index in [-0.39, 0.29) is 5.88 Å². The molecule has 0 spiro atoms. The van der Waals surface area contributed by atoms with Crippen LogP contribution in [0.25, 0.3) is 11.3 Å². The topological polar surface area (TPSA) is 62.8 Å². The molecule has 0 unspecified atom stereocenters. The van der Waals surface area contributed by atoms with Crippen molar-refractivity contribution < 1.29 is 17.9 Å². The van der Waals surface area contributed by atoms with E-state index in [1.807, 2.05) is 30.3 Å². The third-order valence-corrected chi connectivity index (χ3v) is 3.38. The van der Waals surface area contributed by atoms with Crippen LogP contribution in [0.5, 0.6) is 5.88 Å². The normalized spacial score (nSPS) is 11.3. The van der Waals surface area contributed by atoms with Crippen LogP contribution in [0.4, 0.5) is 18.9 Å². The summed E-state index contributed by atoms with van der Waals surface area (Å²) in [5.41, 5.74) is 3.56. The van der Waals surface area contributed by atoms with Gasteiger partial charge in [0.05, 0.1) is 23.8 Å². The molecule has 0 aliphatic heterocycles. The van der Waals surface area contributed by atoms with Crippen LogP contribution < -0.4 is 10.1 Å². The van der Waals surface area contributed by atoms with Crippen LogP contribution in [0.2, 0.25) is 0 Å². The fourth-order valence-corrected chi connectivity index (χ4v) is 2.22. The fraction of sp³-hybridized carbons (Fsp3) is 0.176. The molecular formula is C17H15F3N4O. The van der Waals surface area contributed by atoms with E-state index in [1.54, 1.807) is 12.3 Å². The van der Waals surface area contributed by atoms with Gasteiger partial charge >= 0.3 is 6.18 Å². The number of nitrogens with zero attached hydrogens (tertiary/aromatic N) is 2. The summed E-state index contributed by atoms with van der Waals surface area (Å²) in [5.74, 6) is -0.0730. The smallest absolute Gasteiger partial charge is 0.422 e. The van der Waals surface area contributed by atoms with E-state index < -0.39 is 12.8 Å². The highest BCUT2D eigenvalue weighted by molar-refractivity contribution is 5.63. The summed E-state index contributed by atoms with van der Waals surface area (Å²) in [6.07, 6.45) is -1.23. The number of nitrogens with one attached hydrogen (secondary N) is 2. The minimum absolute atomic E-state index is 0.0730. The second-order valence-corrected chi connectivity index (χ2v) is 5.28. The first kappa shape index (κ1) is 16.8. The van der Waals surface area contributed by atoms with Crippen LogP contribution in [0.3, 0.4) is 0 Å². The number of ether oxygens (including phenoxy) is 1. The Morgan fingerprint density at radius 2 is 1.84 bits per heavy atom. The van der Waals surface area contributed by atoms with Crippen molar-refractivity contribution in [3.05, 3.63) is 60.4 Å². The van der Waals surface area contributed by atoms with Gasteiger partial charge < -0.3 is 10.1 Å². The molecule has 0 saturated carbocycles. The van der Waals surface area contributed by atoms with Crippen molar-refractivity contribution in [3.63, 3.8) is 0 Å². The largest absolute Gasteiger partial charge is 0.468 e. The highest BCUT2D eigenvalue weighted by atomic mass is 19.4. The summed E-state index contributed by atoms with van der Waals surface area (Å²) in [4.78, 5) is 3.85. The molecule has 0 bridgehead atoms. The number of rotatable bonds is 6. The number of aromatic nitrogens is 3. The number of alkyl halides is 3. The molecule has 0 radical (unpaired) electrons. The zero-order valence-corrected chi connectivity index (χ0v) is 13.0. The van der Waals surface area contributed by atoms with Crippen molar-refractivity contribution >= 4 is 5.69 Å². The maximum absolute atomic E-state index is 12.1. The van der Waals surface area contributed by atoms with Crippen LogP contribution >= 0.6 is 0 Å². The summed E-state index contributed by atoms with van der Waals surface area (Å²) in [7, 11) is 0. The molecule has 2 aromatic heterocycles. The van der Waals surface area contributed by atoms with Gasteiger partial charge in [0.2, 0.25) is 5.88 Å². The second kappa shape index (κ2) is 7.25. The standard InChI is InChI=1S/C17H15F3N4O/c18-17(19,20)11-25-15-7-6-14(10-22-15)21-8-13-9-23-24-16(13)12-4-2-1-3-5-12/h1-7,9-10,21H,8,11H2,(H,23,24). The Labute approximate surface area is 141 Å². The molecule has 3 rings (SSSR count). The summed E-state index contributed by atoms with van der Waals surface area (Å²) < 4.78 is 40.9. The van der Waals surface area contributed by atoms with E-state index >= 15 is 0 Å². The molecule has 0 atom stereocenters. The van der Waals surface area contributed by atoms with Crippen molar-refractivity contribution in [3.8, 4) is 17.1 Å². The average molecular weight is 348 g/mol. The number of H-pyrrole nitrogens is 1. The number of benzene rings is 1. The molecule has 0 fully saturated rings.